The quantitative estimate of drug-likeness (QED) is 0.811. The summed E-state index contributed by atoms with van der Waals surface area (Å²) in [6.07, 6.45) is 0.979. The third-order valence-electron chi connectivity index (χ3n) is 2.49. The molecule has 16 heavy (non-hydrogen) atoms. The van der Waals surface area contributed by atoms with Crippen molar-refractivity contribution in [2.45, 2.75) is 13.3 Å². The van der Waals surface area contributed by atoms with E-state index in [-0.39, 0.29) is 5.82 Å². The van der Waals surface area contributed by atoms with Gasteiger partial charge in [-0.2, -0.15) is 0 Å². The smallest absolute Gasteiger partial charge is 0.146 e. The van der Waals surface area contributed by atoms with E-state index in [1.807, 2.05) is 24.3 Å². The molecule has 0 saturated heterocycles. The Hall–Kier alpha value is -1.83. The Morgan fingerprint density at radius 1 is 1.06 bits per heavy atom. The second-order valence-corrected chi connectivity index (χ2v) is 3.66. The van der Waals surface area contributed by atoms with Crippen LogP contribution in [0.15, 0.2) is 48.5 Å². The lowest BCUT2D eigenvalue weighted by Crippen LogP contribution is -1.93. The number of halogens is 1. The summed E-state index contributed by atoms with van der Waals surface area (Å²) in [4.78, 5) is 0. The molecule has 2 aromatic rings. The van der Waals surface area contributed by atoms with Crippen molar-refractivity contribution in [3.63, 3.8) is 0 Å². The van der Waals surface area contributed by atoms with E-state index >= 15 is 0 Å². The lowest BCUT2D eigenvalue weighted by atomic mass is 10.1. The molecule has 0 aliphatic heterocycles. The van der Waals surface area contributed by atoms with Crippen molar-refractivity contribution in [3.8, 4) is 0 Å². The molecule has 1 nitrogen and oxygen atoms in total. The van der Waals surface area contributed by atoms with Gasteiger partial charge in [0.25, 0.3) is 0 Å². The van der Waals surface area contributed by atoms with Crippen LogP contribution in [0.4, 0.5) is 15.8 Å². The van der Waals surface area contributed by atoms with E-state index in [1.54, 1.807) is 12.1 Å². The summed E-state index contributed by atoms with van der Waals surface area (Å²) in [5, 5.41) is 3.07. The summed E-state index contributed by atoms with van der Waals surface area (Å²) in [5.74, 6) is -0.232. The summed E-state index contributed by atoms with van der Waals surface area (Å²) in [5.41, 5.74) is 2.67. The second-order valence-electron chi connectivity index (χ2n) is 3.66. The van der Waals surface area contributed by atoms with Crippen LogP contribution in [0.3, 0.4) is 0 Å². The van der Waals surface area contributed by atoms with E-state index < -0.39 is 0 Å². The highest BCUT2D eigenvalue weighted by Crippen LogP contribution is 2.20. The summed E-state index contributed by atoms with van der Waals surface area (Å²) in [6, 6.07) is 14.7. The van der Waals surface area contributed by atoms with E-state index in [4.69, 9.17) is 0 Å². The van der Waals surface area contributed by atoms with Gasteiger partial charge in [0, 0.05) is 5.69 Å². The monoisotopic (exact) mass is 215 g/mol. The lowest BCUT2D eigenvalue weighted by Gasteiger charge is -2.08. The van der Waals surface area contributed by atoms with Crippen molar-refractivity contribution < 1.29 is 4.39 Å². The standard InChI is InChI=1S/C14H14FN/c1-2-11-6-5-7-12(10-11)16-14-9-4-3-8-13(14)15/h3-10,16H,2H2,1H3. The molecular weight excluding hydrogens is 201 g/mol. The average molecular weight is 215 g/mol. The molecule has 82 valence electrons. The van der Waals surface area contributed by atoms with Gasteiger partial charge in [0.15, 0.2) is 0 Å². The molecule has 2 rings (SSSR count). The van der Waals surface area contributed by atoms with Crippen LogP contribution in [0.2, 0.25) is 0 Å². The largest absolute Gasteiger partial charge is 0.353 e. The number of para-hydroxylation sites is 1. The van der Waals surface area contributed by atoms with Crippen LogP contribution in [0.5, 0.6) is 0 Å². The minimum absolute atomic E-state index is 0.232. The SMILES string of the molecule is CCc1cccc(Nc2ccccc2F)c1. The van der Waals surface area contributed by atoms with Gasteiger partial charge in [-0.3, -0.25) is 0 Å². The molecule has 0 aliphatic carbocycles. The maximum absolute atomic E-state index is 13.4. The van der Waals surface area contributed by atoms with Gasteiger partial charge < -0.3 is 5.32 Å². The Labute approximate surface area is 94.9 Å². The van der Waals surface area contributed by atoms with Gasteiger partial charge in [-0.15, -0.1) is 0 Å². The first-order valence-electron chi connectivity index (χ1n) is 5.40. The Kier molecular flexibility index (Phi) is 3.20. The van der Waals surface area contributed by atoms with Gasteiger partial charge in [-0.05, 0) is 36.2 Å². The van der Waals surface area contributed by atoms with Gasteiger partial charge in [0.05, 0.1) is 5.69 Å². The zero-order valence-corrected chi connectivity index (χ0v) is 9.20. The third-order valence-corrected chi connectivity index (χ3v) is 2.49. The fourth-order valence-corrected chi connectivity index (χ4v) is 1.59. The first-order valence-corrected chi connectivity index (χ1v) is 5.40. The summed E-state index contributed by atoms with van der Waals surface area (Å²) in [6.45, 7) is 2.10. The molecule has 0 amide bonds. The summed E-state index contributed by atoms with van der Waals surface area (Å²) in [7, 11) is 0. The summed E-state index contributed by atoms with van der Waals surface area (Å²) < 4.78 is 13.4. The van der Waals surface area contributed by atoms with Crippen molar-refractivity contribution in [2.24, 2.45) is 0 Å². The molecule has 0 aromatic heterocycles. The molecule has 0 unspecified atom stereocenters. The fraction of sp³-hybridized carbons (Fsp3) is 0.143. The molecule has 0 atom stereocenters. The number of nitrogens with one attached hydrogen (secondary N) is 1. The van der Waals surface area contributed by atoms with Gasteiger partial charge in [-0.25, -0.2) is 4.39 Å². The van der Waals surface area contributed by atoms with E-state index in [0.717, 1.165) is 12.1 Å². The molecule has 2 heteroatoms. The number of hydrogen-bond donors (Lipinski definition) is 1. The highest BCUT2D eigenvalue weighted by molar-refractivity contribution is 5.60. The number of rotatable bonds is 3. The number of aryl methyl sites for hydroxylation is 1. The van der Waals surface area contributed by atoms with Crippen LogP contribution in [0.1, 0.15) is 12.5 Å². The van der Waals surface area contributed by atoms with Crippen LogP contribution in [-0.2, 0) is 6.42 Å². The number of anilines is 2. The van der Waals surface area contributed by atoms with Crippen LogP contribution < -0.4 is 5.32 Å². The first-order chi connectivity index (χ1) is 7.79. The van der Waals surface area contributed by atoms with Gasteiger partial charge in [0.2, 0.25) is 0 Å². The lowest BCUT2D eigenvalue weighted by molar-refractivity contribution is 0.632. The Bertz CT molecular complexity index is 480. The average Bonchev–Trinajstić information content (AvgIpc) is 2.32. The van der Waals surface area contributed by atoms with E-state index in [2.05, 4.69) is 18.3 Å². The van der Waals surface area contributed by atoms with Gasteiger partial charge in [-0.1, -0.05) is 31.2 Å². The zero-order valence-electron chi connectivity index (χ0n) is 9.20. The van der Waals surface area contributed by atoms with Crippen molar-refractivity contribution in [2.75, 3.05) is 5.32 Å². The predicted molar refractivity (Wildman–Crippen MR) is 65.5 cm³/mol. The van der Waals surface area contributed by atoms with Crippen molar-refractivity contribution >= 4 is 11.4 Å². The topological polar surface area (TPSA) is 12.0 Å². The summed E-state index contributed by atoms with van der Waals surface area (Å²) >= 11 is 0. The fourth-order valence-electron chi connectivity index (χ4n) is 1.59. The maximum Gasteiger partial charge on any atom is 0.146 e. The molecule has 0 heterocycles. The minimum atomic E-state index is -0.232. The zero-order chi connectivity index (χ0) is 11.4. The molecule has 0 fully saturated rings. The molecule has 1 N–H and O–H groups in total. The molecular formula is C14H14FN. The van der Waals surface area contributed by atoms with Gasteiger partial charge >= 0.3 is 0 Å². The molecule has 2 aromatic carbocycles. The minimum Gasteiger partial charge on any atom is -0.353 e. The van der Waals surface area contributed by atoms with Crippen molar-refractivity contribution in [3.05, 3.63) is 59.9 Å². The molecule has 0 spiro atoms. The van der Waals surface area contributed by atoms with Crippen molar-refractivity contribution in [1.29, 1.82) is 0 Å². The van der Waals surface area contributed by atoms with Gasteiger partial charge in [0.1, 0.15) is 5.82 Å². The van der Waals surface area contributed by atoms with Crippen LogP contribution in [-0.4, -0.2) is 0 Å². The number of hydrogen-bond acceptors (Lipinski definition) is 1. The van der Waals surface area contributed by atoms with Crippen LogP contribution in [0, 0.1) is 5.82 Å². The van der Waals surface area contributed by atoms with Crippen LogP contribution >= 0.6 is 0 Å². The Morgan fingerprint density at radius 2 is 1.88 bits per heavy atom. The Morgan fingerprint density at radius 3 is 2.62 bits per heavy atom. The Balaban J connectivity index is 2.24. The van der Waals surface area contributed by atoms with Crippen molar-refractivity contribution in [1.82, 2.24) is 0 Å². The molecule has 0 radical (unpaired) electrons. The molecule has 0 saturated carbocycles. The van der Waals surface area contributed by atoms with E-state index in [0.29, 0.717) is 5.69 Å². The highest BCUT2D eigenvalue weighted by Gasteiger charge is 2.00. The maximum atomic E-state index is 13.4. The number of benzene rings is 2. The predicted octanol–water partition coefficient (Wildman–Crippen LogP) is 4.13. The van der Waals surface area contributed by atoms with Crippen LogP contribution in [0.25, 0.3) is 0 Å². The highest BCUT2D eigenvalue weighted by atomic mass is 19.1. The third kappa shape index (κ3) is 2.40. The first kappa shape index (κ1) is 10.7. The molecule has 0 bridgehead atoms. The van der Waals surface area contributed by atoms with E-state index in [1.165, 1.54) is 11.6 Å². The normalized spacial score (nSPS) is 10.1. The molecule has 0 aliphatic rings. The second kappa shape index (κ2) is 4.79. The van der Waals surface area contributed by atoms with E-state index in [9.17, 15) is 4.39 Å².